The Kier molecular flexibility index (Phi) is 4.18. The smallest absolute Gasteiger partial charge is 0.265 e. The van der Waals surface area contributed by atoms with E-state index in [0.717, 1.165) is 22.4 Å². The SMILES string of the molecule is COc1ccc(C)cc1Cn1cc(N)c(C)c(Br)c1=O. The van der Waals surface area contributed by atoms with E-state index in [9.17, 15) is 4.79 Å². The van der Waals surface area contributed by atoms with Crippen LogP contribution in [0.2, 0.25) is 0 Å². The summed E-state index contributed by atoms with van der Waals surface area (Å²) in [5, 5.41) is 0. The van der Waals surface area contributed by atoms with Gasteiger partial charge in [0.15, 0.2) is 0 Å². The van der Waals surface area contributed by atoms with Crippen LogP contribution in [0, 0.1) is 13.8 Å². The van der Waals surface area contributed by atoms with Gasteiger partial charge in [0.2, 0.25) is 0 Å². The van der Waals surface area contributed by atoms with Gasteiger partial charge in [-0.1, -0.05) is 17.7 Å². The van der Waals surface area contributed by atoms with Crippen molar-refractivity contribution in [1.82, 2.24) is 4.57 Å². The summed E-state index contributed by atoms with van der Waals surface area (Å²) in [6.07, 6.45) is 1.67. The molecule has 0 unspecified atom stereocenters. The zero-order valence-electron chi connectivity index (χ0n) is 11.7. The van der Waals surface area contributed by atoms with Gasteiger partial charge in [0.05, 0.1) is 23.8 Å². The molecule has 1 aromatic heterocycles. The quantitative estimate of drug-likeness (QED) is 0.937. The van der Waals surface area contributed by atoms with Crippen molar-refractivity contribution in [2.24, 2.45) is 0 Å². The first-order chi connectivity index (χ1) is 9.43. The van der Waals surface area contributed by atoms with Crippen LogP contribution in [0.25, 0.3) is 0 Å². The van der Waals surface area contributed by atoms with E-state index in [1.54, 1.807) is 17.9 Å². The number of aryl methyl sites for hydroxylation is 1. The van der Waals surface area contributed by atoms with Crippen molar-refractivity contribution in [3.8, 4) is 5.75 Å². The molecule has 0 bridgehead atoms. The molecular weight excluding hydrogens is 320 g/mol. The summed E-state index contributed by atoms with van der Waals surface area (Å²) in [4.78, 5) is 12.3. The number of hydrogen-bond acceptors (Lipinski definition) is 3. The van der Waals surface area contributed by atoms with Crippen LogP contribution >= 0.6 is 15.9 Å². The van der Waals surface area contributed by atoms with Gasteiger partial charge in [-0.15, -0.1) is 0 Å². The molecular formula is C15H17BrN2O2. The van der Waals surface area contributed by atoms with E-state index in [0.29, 0.717) is 16.7 Å². The molecule has 4 nitrogen and oxygen atoms in total. The molecule has 0 spiro atoms. The lowest BCUT2D eigenvalue weighted by molar-refractivity contribution is 0.408. The average molecular weight is 337 g/mol. The molecule has 1 aromatic carbocycles. The van der Waals surface area contributed by atoms with Crippen molar-refractivity contribution in [1.29, 1.82) is 0 Å². The number of aromatic nitrogens is 1. The van der Waals surface area contributed by atoms with Crippen LogP contribution < -0.4 is 16.0 Å². The molecule has 0 radical (unpaired) electrons. The zero-order valence-corrected chi connectivity index (χ0v) is 13.3. The van der Waals surface area contributed by atoms with Gasteiger partial charge in [-0.3, -0.25) is 4.79 Å². The van der Waals surface area contributed by atoms with Gasteiger partial charge >= 0.3 is 0 Å². The molecule has 0 aliphatic heterocycles. The molecule has 0 aliphatic carbocycles. The first-order valence-electron chi connectivity index (χ1n) is 6.22. The summed E-state index contributed by atoms with van der Waals surface area (Å²) in [6.45, 7) is 4.25. The van der Waals surface area contributed by atoms with Crippen LogP contribution in [0.3, 0.4) is 0 Å². The summed E-state index contributed by atoms with van der Waals surface area (Å²) in [6, 6.07) is 5.89. The number of pyridine rings is 1. The number of nitrogens with two attached hydrogens (primary N) is 1. The van der Waals surface area contributed by atoms with Gasteiger partial charge in [-0.05, 0) is 41.4 Å². The van der Waals surface area contributed by atoms with Gasteiger partial charge in [-0.25, -0.2) is 0 Å². The van der Waals surface area contributed by atoms with Crippen molar-refractivity contribution in [3.05, 3.63) is 55.9 Å². The second-order valence-corrected chi connectivity index (χ2v) is 5.56. The molecule has 2 rings (SSSR count). The lowest BCUT2D eigenvalue weighted by atomic mass is 10.1. The molecule has 0 amide bonds. The first-order valence-corrected chi connectivity index (χ1v) is 7.02. The van der Waals surface area contributed by atoms with E-state index in [1.165, 1.54) is 0 Å². The highest BCUT2D eigenvalue weighted by Crippen LogP contribution is 2.22. The monoisotopic (exact) mass is 336 g/mol. The Balaban J connectivity index is 2.51. The van der Waals surface area contributed by atoms with Crippen molar-refractivity contribution >= 4 is 21.6 Å². The minimum atomic E-state index is -0.0970. The van der Waals surface area contributed by atoms with Crippen LogP contribution in [-0.2, 0) is 6.54 Å². The predicted molar refractivity (Wildman–Crippen MR) is 84.4 cm³/mol. The number of benzene rings is 1. The van der Waals surface area contributed by atoms with Crippen molar-refractivity contribution in [2.75, 3.05) is 12.8 Å². The Morgan fingerprint density at radius 3 is 2.70 bits per heavy atom. The predicted octanol–water partition coefficient (Wildman–Crippen LogP) is 2.87. The third kappa shape index (κ3) is 2.72. The molecule has 1 heterocycles. The third-order valence-corrected chi connectivity index (χ3v) is 4.22. The highest BCUT2D eigenvalue weighted by atomic mass is 79.9. The van der Waals surface area contributed by atoms with Gasteiger partial charge in [0.1, 0.15) is 5.75 Å². The Morgan fingerprint density at radius 1 is 1.35 bits per heavy atom. The first kappa shape index (κ1) is 14.7. The van der Waals surface area contributed by atoms with E-state index >= 15 is 0 Å². The van der Waals surface area contributed by atoms with Crippen molar-refractivity contribution < 1.29 is 4.74 Å². The molecule has 0 atom stereocenters. The highest BCUT2D eigenvalue weighted by molar-refractivity contribution is 9.10. The van der Waals surface area contributed by atoms with E-state index in [1.807, 2.05) is 32.0 Å². The second-order valence-electron chi connectivity index (χ2n) is 4.77. The van der Waals surface area contributed by atoms with Crippen LogP contribution in [0.15, 0.2) is 33.7 Å². The minimum absolute atomic E-state index is 0.0970. The fourth-order valence-electron chi connectivity index (χ4n) is 2.07. The molecule has 0 aliphatic rings. The molecule has 0 fully saturated rings. The molecule has 0 saturated carbocycles. The standard InChI is InChI=1S/C15H17BrN2O2/c1-9-4-5-13(20-3)11(6-9)7-18-8-12(17)10(2)14(16)15(18)19/h4-6,8H,7,17H2,1-3H3. The minimum Gasteiger partial charge on any atom is -0.496 e. The lowest BCUT2D eigenvalue weighted by Gasteiger charge is -2.13. The topological polar surface area (TPSA) is 57.2 Å². The maximum atomic E-state index is 12.3. The summed E-state index contributed by atoms with van der Waals surface area (Å²) in [5.41, 5.74) is 9.25. The Morgan fingerprint density at radius 2 is 2.05 bits per heavy atom. The maximum absolute atomic E-state index is 12.3. The van der Waals surface area contributed by atoms with Crippen molar-refractivity contribution in [2.45, 2.75) is 20.4 Å². The van der Waals surface area contributed by atoms with Crippen molar-refractivity contribution in [3.63, 3.8) is 0 Å². The van der Waals surface area contributed by atoms with E-state index in [2.05, 4.69) is 15.9 Å². The molecule has 5 heteroatoms. The largest absolute Gasteiger partial charge is 0.496 e. The number of hydrogen-bond donors (Lipinski definition) is 1. The van der Waals surface area contributed by atoms with Crippen LogP contribution in [0.5, 0.6) is 5.75 Å². The molecule has 20 heavy (non-hydrogen) atoms. The van der Waals surface area contributed by atoms with Crippen LogP contribution in [0.4, 0.5) is 5.69 Å². The Labute approximate surface area is 126 Å². The molecule has 0 saturated heterocycles. The van der Waals surface area contributed by atoms with E-state index in [4.69, 9.17) is 10.5 Å². The van der Waals surface area contributed by atoms with E-state index < -0.39 is 0 Å². The number of methoxy groups -OCH3 is 1. The number of rotatable bonds is 3. The van der Waals surface area contributed by atoms with Gasteiger partial charge in [0.25, 0.3) is 5.56 Å². The number of nitrogens with zero attached hydrogens (tertiary/aromatic N) is 1. The average Bonchev–Trinajstić information content (AvgIpc) is 2.43. The Hall–Kier alpha value is -1.75. The number of nitrogen functional groups attached to an aromatic ring is 1. The molecule has 106 valence electrons. The maximum Gasteiger partial charge on any atom is 0.265 e. The Bertz CT molecular complexity index is 708. The number of halogens is 1. The zero-order chi connectivity index (χ0) is 14.9. The van der Waals surface area contributed by atoms with Gasteiger partial charge < -0.3 is 15.0 Å². The summed E-state index contributed by atoms with van der Waals surface area (Å²) in [7, 11) is 1.62. The fraction of sp³-hybridized carbons (Fsp3) is 0.267. The van der Waals surface area contributed by atoms with Crippen LogP contribution in [0.1, 0.15) is 16.7 Å². The lowest BCUT2D eigenvalue weighted by Crippen LogP contribution is -2.23. The summed E-state index contributed by atoms with van der Waals surface area (Å²) in [5.74, 6) is 0.762. The molecule has 2 aromatic rings. The number of anilines is 1. The highest BCUT2D eigenvalue weighted by Gasteiger charge is 2.11. The summed E-state index contributed by atoms with van der Waals surface area (Å²) < 4.78 is 7.43. The van der Waals surface area contributed by atoms with Crippen LogP contribution in [-0.4, -0.2) is 11.7 Å². The molecule has 2 N–H and O–H groups in total. The van der Waals surface area contributed by atoms with Gasteiger partial charge in [-0.2, -0.15) is 0 Å². The fourth-order valence-corrected chi connectivity index (χ4v) is 2.53. The third-order valence-electron chi connectivity index (χ3n) is 3.28. The number of ether oxygens (including phenoxy) is 1. The van der Waals surface area contributed by atoms with Gasteiger partial charge in [0, 0.05) is 11.8 Å². The normalized spacial score (nSPS) is 10.6. The van der Waals surface area contributed by atoms with E-state index in [-0.39, 0.29) is 5.56 Å². The summed E-state index contributed by atoms with van der Waals surface area (Å²) >= 11 is 3.30. The second kappa shape index (κ2) is 5.71.